The van der Waals surface area contributed by atoms with E-state index < -0.39 is 110 Å². The number of benzene rings is 1. The Labute approximate surface area is 279 Å². The van der Waals surface area contributed by atoms with E-state index in [9.17, 15) is 44.1 Å². The molecule has 0 bridgehead atoms. The summed E-state index contributed by atoms with van der Waals surface area (Å²) in [5.41, 5.74) is 0.553. The summed E-state index contributed by atoms with van der Waals surface area (Å²) in [6, 6.07) is 5.88. The van der Waals surface area contributed by atoms with E-state index in [1.165, 1.54) is 30.3 Å². The second-order valence-corrected chi connectivity index (χ2v) is 10.9. The zero-order chi connectivity index (χ0) is 36.5. The van der Waals surface area contributed by atoms with Crippen molar-refractivity contribution in [2.45, 2.75) is 89.4 Å². The minimum Gasteiger partial charge on any atom is -0.508 e. The first-order valence-electron chi connectivity index (χ1n) is 14.8. The van der Waals surface area contributed by atoms with Crippen molar-refractivity contribution in [2.75, 3.05) is 19.8 Å². The highest BCUT2D eigenvalue weighted by Crippen LogP contribution is 2.39. The lowest BCUT2D eigenvalue weighted by Gasteiger charge is -2.46. The number of hydrogen-bond acceptors (Lipinski definition) is 18. The third kappa shape index (κ3) is 10.7. The highest BCUT2D eigenvalue weighted by molar-refractivity contribution is 5.87. The van der Waals surface area contributed by atoms with Gasteiger partial charge in [-0.2, -0.15) is 0 Å². The fourth-order valence-corrected chi connectivity index (χ4v) is 5.02. The topological polar surface area (TPSA) is 246 Å². The van der Waals surface area contributed by atoms with Crippen LogP contribution in [0, 0.1) is 0 Å². The molecule has 2 aliphatic heterocycles. The molecular formula is C31H38O18. The number of rotatable bonds is 13. The van der Waals surface area contributed by atoms with Crippen molar-refractivity contribution in [3.8, 4) is 5.75 Å². The summed E-state index contributed by atoms with van der Waals surface area (Å²) in [4.78, 5) is 72.4. The molecule has 2 fully saturated rings. The van der Waals surface area contributed by atoms with Gasteiger partial charge in [0.15, 0.2) is 24.4 Å². The van der Waals surface area contributed by atoms with Gasteiger partial charge in [-0.1, -0.05) is 12.1 Å². The standard InChI is InChI=1S/C31H38O18/c1-15(33)41-12-22-25(43-16(2)34)27(45-18(4)36)28(46-19(5)37)30(47-22)49-31(14-32)29(40)26(44-17(3)35)23(48-31)13-42-24(39)11-8-20-6-9-21(38)10-7-20/h6-11,22-23,25-30,32,38,40H,12-14H2,1-5H3/b11-8+/t22-,23-,25-,26-,27+,28-,29+,30-,31+/m1/s1. The molecule has 0 aliphatic carbocycles. The van der Waals surface area contributed by atoms with Crippen molar-refractivity contribution in [2.24, 2.45) is 0 Å². The van der Waals surface area contributed by atoms with E-state index in [4.69, 9.17) is 42.6 Å². The third-order valence-corrected chi connectivity index (χ3v) is 6.96. The van der Waals surface area contributed by atoms with E-state index in [1.54, 1.807) is 0 Å². The van der Waals surface area contributed by atoms with E-state index in [1.807, 2.05) is 0 Å². The summed E-state index contributed by atoms with van der Waals surface area (Å²) < 4.78 is 49.1. The summed E-state index contributed by atoms with van der Waals surface area (Å²) in [5, 5.41) is 31.3. The van der Waals surface area contributed by atoms with E-state index in [-0.39, 0.29) is 5.75 Å². The van der Waals surface area contributed by atoms with E-state index in [0.717, 1.165) is 40.7 Å². The summed E-state index contributed by atoms with van der Waals surface area (Å²) in [6.45, 7) is 2.74. The van der Waals surface area contributed by atoms with Crippen molar-refractivity contribution < 1.29 is 86.7 Å². The number of phenols is 1. The third-order valence-electron chi connectivity index (χ3n) is 6.96. The van der Waals surface area contributed by atoms with Crippen LogP contribution in [0.5, 0.6) is 5.75 Å². The maximum absolute atomic E-state index is 12.5. The van der Waals surface area contributed by atoms with Crippen LogP contribution in [0.15, 0.2) is 30.3 Å². The number of hydrogen-bond donors (Lipinski definition) is 3. The molecule has 1 aromatic rings. The summed E-state index contributed by atoms with van der Waals surface area (Å²) in [5.74, 6) is -7.80. The van der Waals surface area contributed by atoms with Gasteiger partial charge in [-0.05, 0) is 23.8 Å². The second kappa shape index (κ2) is 17.2. The van der Waals surface area contributed by atoms with Gasteiger partial charge in [-0.3, -0.25) is 24.0 Å². The van der Waals surface area contributed by atoms with E-state index in [0.29, 0.717) is 5.56 Å². The number of carbonyl (C=O) groups excluding carboxylic acids is 6. The van der Waals surface area contributed by atoms with Crippen LogP contribution in [0.4, 0.5) is 0 Å². The molecule has 18 nitrogen and oxygen atoms in total. The van der Waals surface area contributed by atoms with Gasteiger partial charge in [-0.25, -0.2) is 4.79 Å². The SMILES string of the molecule is CC(=O)OC[C@H]1O[C@H](O[C@]2(CO)O[C@H](COC(=O)/C=C/c3ccc(O)cc3)[C@@H](OC(C)=O)[C@@H]2O)[C@H](OC(C)=O)[C@@H](OC(C)=O)[C@@H]1OC(C)=O. The Morgan fingerprint density at radius 1 is 0.735 bits per heavy atom. The largest absolute Gasteiger partial charge is 0.508 e. The van der Waals surface area contributed by atoms with Gasteiger partial charge in [0, 0.05) is 40.7 Å². The van der Waals surface area contributed by atoms with Gasteiger partial charge in [-0.15, -0.1) is 0 Å². The molecule has 0 saturated carbocycles. The van der Waals surface area contributed by atoms with Crippen molar-refractivity contribution >= 4 is 41.9 Å². The number of carbonyl (C=O) groups is 6. The molecule has 0 amide bonds. The van der Waals surface area contributed by atoms with Gasteiger partial charge in [0.2, 0.25) is 12.1 Å². The van der Waals surface area contributed by atoms with E-state index in [2.05, 4.69) is 0 Å². The smallest absolute Gasteiger partial charge is 0.330 e. The molecule has 0 aromatic heterocycles. The van der Waals surface area contributed by atoms with Gasteiger partial charge >= 0.3 is 35.8 Å². The van der Waals surface area contributed by atoms with Gasteiger partial charge < -0.3 is 58.0 Å². The summed E-state index contributed by atoms with van der Waals surface area (Å²) in [6.07, 6.45) is -10.9. The monoisotopic (exact) mass is 698 g/mol. The summed E-state index contributed by atoms with van der Waals surface area (Å²) in [7, 11) is 0. The van der Waals surface area contributed by atoms with Crippen LogP contribution in [-0.4, -0.2) is 126 Å². The molecule has 3 rings (SSSR count). The average molecular weight is 699 g/mol. The first-order valence-corrected chi connectivity index (χ1v) is 14.8. The Morgan fingerprint density at radius 2 is 1.27 bits per heavy atom. The average Bonchev–Trinajstić information content (AvgIpc) is 3.26. The van der Waals surface area contributed by atoms with Crippen LogP contribution >= 0.6 is 0 Å². The molecule has 0 unspecified atom stereocenters. The lowest BCUT2D eigenvalue weighted by Crippen LogP contribution is -2.65. The molecule has 2 heterocycles. The molecule has 18 heteroatoms. The molecule has 2 aliphatic rings. The number of aliphatic hydroxyl groups excluding tert-OH is 2. The van der Waals surface area contributed by atoms with Crippen LogP contribution < -0.4 is 0 Å². The highest BCUT2D eigenvalue weighted by atomic mass is 16.8. The van der Waals surface area contributed by atoms with Crippen LogP contribution in [-0.2, 0) is 71.4 Å². The van der Waals surface area contributed by atoms with Crippen LogP contribution in [0.25, 0.3) is 6.08 Å². The van der Waals surface area contributed by atoms with Crippen LogP contribution in [0.1, 0.15) is 40.2 Å². The minimum atomic E-state index is -2.54. The zero-order valence-corrected chi connectivity index (χ0v) is 27.2. The minimum absolute atomic E-state index is 0.0200. The number of aliphatic hydroxyl groups is 2. The maximum Gasteiger partial charge on any atom is 0.330 e. The number of phenolic OH excluding ortho intramolecular Hbond substituents is 1. The fraction of sp³-hybridized carbons (Fsp3) is 0.548. The highest BCUT2D eigenvalue weighted by Gasteiger charge is 2.62. The molecule has 1 aromatic carbocycles. The predicted molar refractivity (Wildman–Crippen MR) is 157 cm³/mol. The van der Waals surface area contributed by atoms with Crippen molar-refractivity contribution in [3.05, 3.63) is 35.9 Å². The van der Waals surface area contributed by atoms with Crippen molar-refractivity contribution in [1.82, 2.24) is 0 Å². The summed E-state index contributed by atoms with van der Waals surface area (Å²) >= 11 is 0. The molecule has 3 N–H and O–H groups in total. The Hall–Kier alpha value is -4.62. The lowest BCUT2D eigenvalue weighted by atomic mass is 9.97. The molecule has 2 saturated heterocycles. The Bertz CT molecular complexity index is 1390. The fourth-order valence-electron chi connectivity index (χ4n) is 5.02. The molecule has 270 valence electrons. The number of ether oxygens (including phenoxy) is 9. The predicted octanol–water partition coefficient (Wildman–Crippen LogP) is -0.572. The lowest BCUT2D eigenvalue weighted by molar-refractivity contribution is -0.384. The quantitative estimate of drug-likeness (QED) is 0.133. The zero-order valence-electron chi connectivity index (χ0n) is 27.2. The number of aromatic hydroxyl groups is 1. The van der Waals surface area contributed by atoms with E-state index >= 15 is 0 Å². The molecule has 49 heavy (non-hydrogen) atoms. The first-order chi connectivity index (χ1) is 23.0. The Kier molecular flexibility index (Phi) is 13.6. The van der Waals surface area contributed by atoms with Gasteiger partial charge in [0.1, 0.15) is 43.9 Å². The molecular weight excluding hydrogens is 660 g/mol. The Morgan fingerprint density at radius 3 is 1.82 bits per heavy atom. The van der Waals surface area contributed by atoms with Crippen molar-refractivity contribution in [3.63, 3.8) is 0 Å². The second-order valence-electron chi connectivity index (χ2n) is 10.9. The van der Waals surface area contributed by atoms with Crippen LogP contribution in [0.2, 0.25) is 0 Å². The molecule has 9 atom stereocenters. The maximum atomic E-state index is 12.5. The number of esters is 6. The van der Waals surface area contributed by atoms with Gasteiger partial charge in [0.05, 0.1) is 0 Å². The molecule has 0 spiro atoms. The first kappa shape index (κ1) is 38.8. The van der Waals surface area contributed by atoms with Gasteiger partial charge in [0.25, 0.3) is 0 Å². The van der Waals surface area contributed by atoms with Crippen LogP contribution in [0.3, 0.4) is 0 Å². The van der Waals surface area contributed by atoms with Crippen molar-refractivity contribution in [1.29, 1.82) is 0 Å². The normalized spacial score (nSPS) is 29.4. The molecule has 0 radical (unpaired) electrons. The Balaban J connectivity index is 1.94.